The summed E-state index contributed by atoms with van der Waals surface area (Å²) in [6, 6.07) is 3.26. The molecule has 0 spiro atoms. The minimum atomic E-state index is -3.46. The summed E-state index contributed by atoms with van der Waals surface area (Å²) in [7, 11) is -1.78. The molecule has 2 rings (SSSR count). The number of piperazine rings is 1. The van der Waals surface area contributed by atoms with E-state index >= 15 is 0 Å². The van der Waals surface area contributed by atoms with Crippen molar-refractivity contribution in [2.24, 2.45) is 0 Å². The van der Waals surface area contributed by atoms with Crippen LogP contribution in [-0.2, 0) is 10.0 Å². The molecule has 0 aliphatic carbocycles. The van der Waals surface area contributed by atoms with Gasteiger partial charge in [-0.25, -0.2) is 13.4 Å². The van der Waals surface area contributed by atoms with Crippen LogP contribution < -0.4 is 5.32 Å². The number of pyridine rings is 1. The third kappa shape index (κ3) is 3.11. The molecule has 20 heavy (non-hydrogen) atoms. The highest BCUT2D eigenvalue weighted by Crippen LogP contribution is 2.23. The predicted octanol–water partition coefficient (Wildman–Crippen LogP) is 0.840. The Morgan fingerprint density at radius 2 is 2.00 bits per heavy atom. The lowest BCUT2D eigenvalue weighted by atomic mass is 10.3. The van der Waals surface area contributed by atoms with E-state index in [2.05, 4.69) is 22.1 Å². The van der Waals surface area contributed by atoms with Gasteiger partial charge < -0.3 is 10.2 Å². The molecule has 6 nitrogen and oxygen atoms in total. The van der Waals surface area contributed by atoms with Gasteiger partial charge in [0.2, 0.25) is 10.0 Å². The Bertz CT molecular complexity index is 539. The lowest BCUT2D eigenvalue weighted by Crippen LogP contribution is -2.48. The van der Waals surface area contributed by atoms with E-state index in [1.54, 1.807) is 29.7 Å². The summed E-state index contributed by atoms with van der Waals surface area (Å²) in [5.74, 6) is 0.406. The fraction of sp³-hybridized carbons (Fsp3) is 0.615. The fourth-order valence-corrected chi connectivity index (χ4v) is 4.01. The number of rotatable bonds is 5. The van der Waals surface area contributed by atoms with Crippen molar-refractivity contribution in [1.82, 2.24) is 14.2 Å². The standard InChI is InChI=1S/C13H22N4O2S/c1-3-7-16-8-10-17(11-9-16)20(18,19)12-5-4-6-15-13(12)14-2/h4-6H,3,7-11H2,1-2H3,(H,14,15). The van der Waals surface area contributed by atoms with E-state index in [0.29, 0.717) is 18.9 Å². The molecule has 1 fully saturated rings. The van der Waals surface area contributed by atoms with Crippen LogP contribution in [0.5, 0.6) is 0 Å². The van der Waals surface area contributed by atoms with Crippen molar-refractivity contribution in [3.05, 3.63) is 18.3 Å². The van der Waals surface area contributed by atoms with Gasteiger partial charge >= 0.3 is 0 Å². The van der Waals surface area contributed by atoms with E-state index < -0.39 is 10.0 Å². The molecule has 2 heterocycles. The summed E-state index contributed by atoms with van der Waals surface area (Å²) in [6.07, 6.45) is 2.68. The Kier molecular flexibility index (Phi) is 4.95. The van der Waals surface area contributed by atoms with Crippen LogP contribution in [0.4, 0.5) is 5.82 Å². The van der Waals surface area contributed by atoms with E-state index in [0.717, 1.165) is 26.1 Å². The Labute approximate surface area is 120 Å². The largest absolute Gasteiger partial charge is 0.372 e. The molecule has 1 aliphatic rings. The maximum Gasteiger partial charge on any atom is 0.246 e. The predicted molar refractivity (Wildman–Crippen MR) is 79.3 cm³/mol. The van der Waals surface area contributed by atoms with Gasteiger partial charge in [0, 0.05) is 39.4 Å². The fourth-order valence-electron chi connectivity index (χ4n) is 2.44. The quantitative estimate of drug-likeness (QED) is 0.872. The van der Waals surface area contributed by atoms with Crippen molar-refractivity contribution in [2.75, 3.05) is 45.1 Å². The molecule has 1 aromatic heterocycles. The number of hydrogen-bond acceptors (Lipinski definition) is 5. The maximum absolute atomic E-state index is 12.7. The third-order valence-corrected chi connectivity index (χ3v) is 5.43. The second-order valence-corrected chi connectivity index (χ2v) is 6.75. The first-order valence-corrected chi connectivity index (χ1v) is 8.39. The molecule has 0 radical (unpaired) electrons. The van der Waals surface area contributed by atoms with E-state index in [9.17, 15) is 8.42 Å². The van der Waals surface area contributed by atoms with Crippen LogP contribution in [0.25, 0.3) is 0 Å². The minimum absolute atomic E-state index is 0.256. The molecular formula is C13H22N4O2S. The van der Waals surface area contributed by atoms with Crippen molar-refractivity contribution >= 4 is 15.8 Å². The third-order valence-electron chi connectivity index (χ3n) is 3.50. The Morgan fingerprint density at radius 3 is 2.60 bits per heavy atom. The van der Waals surface area contributed by atoms with Crippen molar-refractivity contribution in [2.45, 2.75) is 18.2 Å². The SMILES string of the molecule is CCCN1CCN(S(=O)(=O)c2cccnc2NC)CC1. The van der Waals surface area contributed by atoms with E-state index in [1.165, 1.54) is 0 Å². The molecule has 1 N–H and O–H groups in total. The van der Waals surface area contributed by atoms with Crippen molar-refractivity contribution < 1.29 is 8.42 Å². The lowest BCUT2D eigenvalue weighted by molar-refractivity contribution is 0.188. The molecular weight excluding hydrogens is 276 g/mol. The number of aromatic nitrogens is 1. The summed E-state index contributed by atoms with van der Waals surface area (Å²) in [5.41, 5.74) is 0. The molecule has 7 heteroatoms. The highest BCUT2D eigenvalue weighted by molar-refractivity contribution is 7.89. The smallest absolute Gasteiger partial charge is 0.246 e. The first-order valence-electron chi connectivity index (χ1n) is 6.95. The number of nitrogens with one attached hydrogen (secondary N) is 1. The molecule has 0 atom stereocenters. The van der Waals surface area contributed by atoms with Crippen molar-refractivity contribution in [3.8, 4) is 0 Å². The Balaban J connectivity index is 2.16. The molecule has 1 saturated heterocycles. The van der Waals surface area contributed by atoms with Gasteiger partial charge in [0.05, 0.1) is 0 Å². The van der Waals surface area contributed by atoms with Crippen LogP contribution >= 0.6 is 0 Å². The van der Waals surface area contributed by atoms with Gasteiger partial charge in [-0.1, -0.05) is 6.92 Å². The second kappa shape index (κ2) is 6.51. The van der Waals surface area contributed by atoms with Crippen LogP contribution in [0, 0.1) is 0 Å². The maximum atomic E-state index is 12.7. The molecule has 1 aromatic rings. The summed E-state index contributed by atoms with van der Waals surface area (Å²) < 4.78 is 26.9. The average molecular weight is 298 g/mol. The summed E-state index contributed by atoms with van der Waals surface area (Å²) >= 11 is 0. The van der Waals surface area contributed by atoms with Gasteiger partial charge in [0.25, 0.3) is 0 Å². The second-order valence-electron chi connectivity index (χ2n) is 4.85. The zero-order chi connectivity index (χ0) is 14.6. The number of nitrogens with zero attached hydrogens (tertiary/aromatic N) is 3. The average Bonchev–Trinajstić information content (AvgIpc) is 2.48. The first-order chi connectivity index (χ1) is 9.59. The molecule has 112 valence electrons. The van der Waals surface area contributed by atoms with Crippen LogP contribution in [0.2, 0.25) is 0 Å². The normalized spacial score (nSPS) is 18.1. The van der Waals surface area contributed by atoms with E-state index in [4.69, 9.17) is 0 Å². The van der Waals surface area contributed by atoms with Crippen LogP contribution in [0.3, 0.4) is 0 Å². The molecule has 0 saturated carbocycles. The molecule has 0 amide bonds. The van der Waals surface area contributed by atoms with Gasteiger partial charge in [-0.15, -0.1) is 0 Å². The van der Waals surface area contributed by atoms with Gasteiger partial charge in [-0.3, -0.25) is 0 Å². The molecule has 0 aromatic carbocycles. The van der Waals surface area contributed by atoms with E-state index in [-0.39, 0.29) is 4.90 Å². The van der Waals surface area contributed by atoms with Crippen LogP contribution in [-0.4, -0.2) is 62.4 Å². The summed E-state index contributed by atoms with van der Waals surface area (Å²) in [4.78, 5) is 6.63. The van der Waals surface area contributed by atoms with Crippen molar-refractivity contribution in [3.63, 3.8) is 0 Å². The molecule has 0 unspecified atom stereocenters. The zero-order valence-electron chi connectivity index (χ0n) is 12.0. The highest BCUT2D eigenvalue weighted by atomic mass is 32.2. The minimum Gasteiger partial charge on any atom is -0.372 e. The monoisotopic (exact) mass is 298 g/mol. The van der Waals surface area contributed by atoms with Gasteiger partial charge in [-0.05, 0) is 25.1 Å². The number of hydrogen-bond donors (Lipinski definition) is 1. The van der Waals surface area contributed by atoms with Crippen molar-refractivity contribution in [1.29, 1.82) is 0 Å². The molecule has 1 aliphatic heterocycles. The van der Waals surface area contributed by atoms with Gasteiger partial charge in [-0.2, -0.15) is 4.31 Å². The topological polar surface area (TPSA) is 65.5 Å². The highest BCUT2D eigenvalue weighted by Gasteiger charge is 2.30. The number of anilines is 1. The zero-order valence-corrected chi connectivity index (χ0v) is 12.9. The summed E-state index contributed by atoms with van der Waals surface area (Å²) in [5, 5.41) is 2.84. The van der Waals surface area contributed by atoms with Crippen LogP contribution in [0.1, 0.15) is 13.3 Å². The van der Waals surface area contributed by atoms with Gasteiger partial charge in [0.1, 0.15) is 10.7 Å². The van der Waals surface area contributed by atoms with Gasteiger partial charge in [0.15, 0.2) is 0 Å². The Hall–Kier alpha value is -1.18. The summed E-state index contributed by atoms with van der Waals surface area (Å²) in [6.45, 7) is 5.84. The number of sulfonamides is 1. The first kappa shape index (κ1) is 15.2. The molecule has 0 bridgehead atoms. The lowest BCUT2D eigenvalue weighted by Gasteiger charge is -2.33. The van der Waals surface area contributed by atoms with Crippen LogP contribution in [0.15, 0.2) is 23.2 Å². The van der Waals surface area contributed by atoms with E-state index in [1.807, 2.05) is 0 Å². The Morgan fingerprint density at radius 1 is 1.30 bits per heavy atom.